The number of rotatable bonds is 4. The van der Waals surface area contributed by atoms with Gasteiger partial charge in [0.15, 0.2) is 0 Å². The lowest BCUT2D eigenvalue weighted by molar-refractivity contribution is 0.768. The second-order valence-corrected chi connectivity index (χ2v) is 10.7. The Morgan fingerprint density at radius 1 is 0.564 bits per heavy atom. The van der Waals surface area contributed by atoms with Crippen LogP contribution in [0, 0.1) is 6.92 Å². The largest absolute Gasteiger partial charge is 0.0714 e. The van der Waals surface area contributed by atoms with E-state index in [2.05, 4.69) is 159 Å². The van der Waals surface area contributed by atoms with E-state index in [0.29, 0.717) is 0 Å². The standard InChI is InChI=1S/C39H30/c1-27-22-23-35-36(24-27)39(31-16-8-4-9-17-31,32-18-10-5-11-19-32)37-26-30(25-28(2)29-14-6-3-7-15-29)33-20-12-13-21-34(33)38(35)37/h3-26H,1-2H3. The van der Waals surface area contributed by atoms with Crippen molar-refractivity contribution in [2.75, 3.05) is 0 Å². The van der Waals surface area contributed by atoms with Crippen molar-refractivity contribution in [1.82, 2.24) is 0 Å². The van der Waals surface area contributed by atoms with E-state index in [0.717, 1.165) is 0 Å². The second kappa shape index (κ2) is 9.26. The molecule has 6 aromatic carbocycles. The van der Waals surface area contributed by atoms with E-state index in [4.69, 9.17) is 0 Å². The molecular formula is C39H30. The highest BCUT2D eigenvalue weighted by molar-refractivity contribution is 6.08. The van der Waals surface area contributed by atoms with E-state index in [1.807, 2.05) is 0 Å². The molecule has 0 amide bonds. The fourth-order valence-electron chi connectivity index (χ4n) is 6.62. The Kier molecular flexibility index (Phi) is 5.56. The van der Waals surface area contributed by atoms with Gasteiger partial charge in [0.1, 0.15) is 0 Å². The summed E-state index contributed by atoms with van der Waals surface area (Å²) in [5.74, 6) is 0. The minimum atomic E-state index is -0.410. The molecule has 0 unspecified atom stereocenters. The van der Waals surface area contributed by atoms with Gasteiger partial charge in [-0.3, -0.25) is 0 Å². The molecule has 0 atom stereocenters. The van der Waals surface area contributed by atoms with E-state index in [9.17, 15) is 0 Å². The molecule has 0 fully saturated rings. The van der Waals surface area contributed by atoms with Gasteiger partial charge in [-0.15, -0.1) is 0 Å². The van der Waals surface area contributed by atoms with Crippen LogP contribution in [0.4, 0.5) is 0 Å². The molecule has 0 saturated heterocycles. The van der Waals surface area contributed by atoms with Crippen molar-refractivity contribution < 1.29 is 0 Å². The zero-order valence-corrected chi connectivity index (χ0v) is 22.4. The molecule has 7 rings (SSSR count). The number of hydrogen-bond donors (Lipinski definition) is 0. The molecule has 39 heavy (non-hydrogen) atoms. The molecule has 0 radical (unpaired) electrons. The van der Waals surface area contributed by atoms with Crippen LogP contribution < -0.4 is 0 Å². The van der Waals surface area contributed by atoms with Crippen LogP contribution in [0.5, 0.6) is 0 Å². The first-order chi connectivity index (χ1) is 19.2. The monoisotopic (exact) mass is 498 g/mol. The van der Waals surface area contributed by atoms with Gasteiger partial charge in [0, 0.05) is 0 Å². The minimum Gasteiger partial charge on any atom is -0.0622 e. The zero-order chi connectivity index (χ0) is 26.4. The molecule has 0 nitrogen and oxygen atoms in total. The van der Waals surface area contributed by atoms with Crippen LogP contribution in [0.15, 0.2) is 140 Å². The van der Waals surface area contributed by atoms with Crippen molar-refractivity contribution in [1.29, 1.82) is 0 Å². The number of hydrogen-bond acceptors (Lipinski definition) is 0. The normalized spacial score (nSPS) is 13.7. The Morgan fingerprint density at radius 2 is 1.13 bits per heavy atom. The first-order valence-corrected chi connectivity index (χ1v) is 13.7. The Labute approximate surface area is 230 Å². The van der Waals surface area contributed by atoms with Gasteiger partial charge >= 0.3 is 0 Å². The molecule has 186 valence electrons. The van der Waals surface area contributed by atoms with E-state index in [1.54, 1.807) is 0 Å². The molecule has 0 bridgehead atoms. The van der Waals surface area contributed by atoms with Crippen LogP contribution >= 0.6 is 0 Å². The Bertz CT molecular complexity index is 1800. The molecule has 1 aliphatic rings. The van der Waals surface area contributed by atoms with Gasteiger partial charge in [-0.1, -0.05) is 145 Å². The highest BCUT2D eigenvalue weighted by Crippen LogP contribution is 2.58. The Balaban J connectivity index is 1.65. The molecular weight excluding hydrogens is 468 g/mol. The van der Waals surface area contributed by atoms with E-state index < -0.39 is 5.41 Å². The van der Waals surface area contributed by atoms with Crippen molar-refractivity contribution >= 4 is 22.4 Å². The van der Waals surface area contributed by atoms with Crippen molar-refractivity contribution in [3.8, 4) is 11.1 Å². The van der Waals surface area contributed by atoms with E-state index in [-0.39, 0.29) is 0 Å². The lowest BCUT2D eigenvalue weighted by atomic mass is 9.67. The second-order valence-electron chi connectivity index (χ2n) is 10.7. The lowest BCUT2D eigenvalue weighted by Crippen LogP contribution is -2.28. The van der Waals surface area contributed by atoms with Gasteiger partial charge in [-0.2, -0.15) is 0 Å². The van der Waals surface area contributed by atoms with Crippen LogP contribution in [0.2, 0.25) is 0 Å². The summed E-state index contributed by atoms with van der Waals surface area (Å²) in [5, 5.41) is 2.59. The van der Waals surface area contributed by atoms with Gasteiger partial charge < -0.3 is 0 Å². The third kappa shape index (κ3) is 3.60. The van der Waals surface area contributed by atoms with E-state index >= 15 is 0 Å². The summed E-state index contributed by atoms with van der Waals surface area (Å²) in [6, 6.07) is 51.2. The summed E-state index contributed by atoms with van der Waals surface area (Å²) < 4.78 is 0. The Hall–Kier alpha value is -4.68. The number of fused-ring (bicyclic) bond motifs is 5. The first-order valence-electron chi connectivity index (χ1n) is 13.7. The predicted octanol–water partition coefficient (Wildman–Crippen LogP) is 10.1. The summed E-state index contributed by atoms with van der Waals surface area (Å²) in [5.41, 5.74) is 12.6. The molecule has 0 aliphatic heterocycles. The SMILES string of the molecule is CC(=Cc1cc2c(c3ccccc13)-c1ccc(C)cc1C2(c1ccccc1)c1ccccc1)c1ccccc1. The molecule has 0 heterocycles. The highest BCUT2D eigenvalue weighted by atomic mass is 14.5. The molecule has 0 spiro atoms. The summed E-state index contributed by atoms with van der Waals surface area (Å²) in [7, 11) is 0. The van der Waals surface area contributed by atoms with E-state index in [1.165, 1.54) is 66.4 Å². The summed E-state index contributed by atoms with van der Waals surface area (Å²) in [6.07, 6.45) is 2.37. The summed E-state index contributed by atoms with van der Waals surface area (Å²) in [6.45, 7) is 4.43. The molecule has 0 N–H and O–H groups in total. The number of benzene rings is 6. The smallest absolute Gasteiger partial charge is 0.0622 e. The van der Waals surface area contributed by atoms with Gasteiger partial charge in [0.2, 0.25) is 0 Å². The predicted molar refractivity (Wildman–Crippen MR) is 166 cm³/mol. The van der Waals surface area contributed by atoms with Crippen molar-refractivity contribution in [3.63, 3.8) is 0 Å². The quantitative estimate of drug-likeness (QED) is 0.212. The average molecular weight is 499 g/mol. The maximum atomic E-state index is 2.47. The van der Waals surface area contributed by atoms with Gasteiger partial charge in [-0.05, 0) is 80.8 Å². The highest BCUT2D eigenvalue weighted by Gasteiger charge is 2.47. The van der Waals surface area contributed by atoms with Gasteiger partial charge in [-0.25, -0.2) is 0 Å². The molecule has 6 aromatic rings. The maximum absolute atomic E-state index is 2.47. The van der Waals surface area contributed by atoms with Gasteiger partial charge in [0.05, 0.1) is 5.41 Å². The van der Waals surface area contributed by atoms with Crippen LogP contribution in [-0.2, 0) is 5.41 Å². The van der Waals surface area contributed by atoms with Crippen LogP contribution in [0.25, 0.3) is 33.5 Å². The number of aryl methyl sites for hydroxylation is 1. The van der Waals surface area contributed by atoms with Crippen molar-refractivity contribution in [3.05, 3.63) is 178 Å². The van der Waals surface area contributed by atoms with Gasteiger partial charge in [0.25, 0.3) is 0 Å². The van der Waals surface area contributed by atoms with Crippen molar-refractivity contribution in [2.45, 2.75) is 19.3 Å². The molecule has 0 heteroatoms. The third-order valence-electron chi connectivity index (χ3n) is 8.34. The Morgan fingerprint density at radius 3 is 1.77 bits per heavy atom. The summed E-state index contributed by atoms with van der Waals surface area (Å²) >= 11 is 0. The molecule has 1 aliphatic carbocycles. The molecule has 0 aromatic heterocycles. The fourth-order valence-corrected chi connectivity index (χ4v) is 6.62. The van der Waals surface area contributed by atoms with Crippen molar-refractivity contribution in [2.24, 2.45) is 0 Å². The fraction of sp³-hybridized carbons (Fsp3) is 0.0769. The number of allylic oxidation sites excluding steroid dienone is 1. The van der Waals surface area contributed by atoms with Crippen LogP contribution in [-0.4, -0.2) is 0 Å². The van der Waals surface area contributed by atoms with Crippen LogP contribution in [0.1, 0.15) is 45.9 Å². The average Bonchev–Trinajstić information content (AvgIpc) is 3.28. The summed E-state index contributed by atoms with van der Waals surface area (Å²) in [4.78, 5) is 0. The maximum Gasteiger partial charge on any atom is 0.0714 e. The minimum absolute atomic E-state index is 0.410. The lowest BCUT2D eigenvalue weighted by Gasteiger charge is -2.34. The topological polar surface area (TPSA) is 0 Å². The molecule has 0 saturated carbocycles. The van der Waals surface area contributed by atoms with Crippen LogP contribution in [0.3, 0.4) is 0 Å². The zero-order valence-electron chi connectivity index (χ0n) is 22.4. The third-order valence-corrected chi connectivity index (χ3v) is 8.34. The first kappa shape index (κ1) is 23.4.